The van der Waals surface area contributed by atoms with Crippen molar-refractivity contribution in [3.05, 3.63) is 70.2 Å². The number of rotatable bonds is 4. The van der Waals surface area contributed by atoms with Gasteiger partial charge in [0.15, 0.2) is 0 Å². The second-order valence-corrected chi connectivity index (χ2v) is 10.6. The van der Waals surface area contributed by atoms with Gasteiger partial charge in [-0.1, -0.05) is 29.8 Å². The molecule has 2 fully saturated rings. The maximum Gasteiger partial charge on any atom is 0.219 e. The van der Waals surface area contributed by atoms with E-state index in [0.717, 1.165) is 6.07 Å². The van der Waals surface area contributed by atoms with E-state index in [2.05, 4.69) is 0 Å². The number of sulfonamides is 1. The summed E-state index contributed by atoms with van der Waals surface area (Å²) >= 11 is 6.00. The molecule has 0 saturated carbocycles. The number of piperidine rings is 1. The molecule has 0 N–H and O–H groups in total. The average Bonchev–Trinajstić information content (AvgIpc) is 3.07. The summed E-state index contributed by atoms with van der Waals surface area (Å²) in [6.07, 6.45) is 0.471. The van der Waals surface area contributed by atoms with E-state index >= 15 is 0 Å². The van der Waals surface area contributed by atoms with Crippen LogP contribution in [-0.2, 0) is 20.6 Å². The first-order valence-electron chi connectivity index (χ1n) is 10.1. The van der Waals surface area contributed by atoms with E-state index in [9.17, 15) is 22.0 Å². The minimum atomic E-state index is -3.73. The molecule has 2 aliphatic heterocycles. The van der Waals surface area contributed by atoms with Gasteiger partial charge < -0.3 is 4.90 Å². The van der Waals surface area contributed by atoms with Crippen molar-refractivity contribution >= 4 is 27.5 Å². The molecule has 4 rings (SSSR count). The van der Waals surface area contributed by atoms with Crippen molar-refractivity contribution in [2.24, 2.45) is 5.92 Å². The summed E-state index contributed by atoms with van der Waals surface area (Å²) in [4.78, 5) is 13.6. The summed E-state index contributed by atoms with van der Waals surface area (Å²) < 4.78 is 56.2. The third-order valence-electron chi connectivity index (χ3n) is 6.29. The number of likely N-dealkylation sites (tertiary alicyclic amines) is 1. The molecule has 2 aliphatic rings. The molecule has 0 aliphatic carbocycles. The minimum Gasteiger partial charge on any atom is -0.343 e. The van der Waals surface area contributed by atoms with Gasteiger partial charge in [0.1, 0.15) is 11.6 Å². The first-order chi connectivity index (χ1) is 14.7. The van der Waals surface area contributed by atoms with Crippen molar-refractivity contribution in [3.63, 3.8) is 0 Å². The maximum absolute atomic E-state index is 14.6. The molecule has 1 amide bonds. The van der Waals surface area contributed by atoms with E-state index in [0.29, 0.717) is 30.1 Å². The number of amides is 1. The van der Waals surface area contributed by atoms with Gasteiger partial charge in [-0.25, -0.2) is 17.2 Å². The van der Waals surface area contributed by atoms with E-state index in [1.807, 2.05) is 0 Å². The van der Waals surface area contributed by atoms with Gasteiger partial charge in [-0.05, 0) is 35.7 Å². The topological polar surface area (TPSA) is 57.7 Å². The second-order valence-electron chi connectivity index (χ2n) is 8.21. The number of hydrogen-bond donors (Lipinski definition) is 0. The van der Waals surface area contributed by atoms with Crippen LogP contribution in [0.1, 0.15) is 30.4 Å². The lowest BCUT2D eigenvalue weighted by atomic mass is 9.81. The molecule has 2 saturated heterocycles. The molecular formula is C22H23ClF2N2O3S. The normalized spacial score (nSPS) is 24.3. The van der Waals surface area contributed by atoms with Gasteiger partial charge in [0.05, 0.1) is 5.75 Å². The standard InChI is InChI=1S/C22H23ClF2N2O3S/c1-14(28)26-8-7-22-20(11-26)19(18-6-5-17(24)10-21(18)25)12-27(22)31(29,30)13-15-3-2-4-16(23)9-15/h2-6,9-10,19-20,22H,7-8,11-13H2,1H3/t19-,20-,22-/m1/s1. The number of carbonyl (C=O) groups is 1. The Hall–Kier alpha value is -2.03. The monoisotopic (exact) mass is 468 g/mol. The highest BCUT2D eigenvalue weighted by Gasteiger charge is 2.50. The largest absolute Gasteiger partial charge is 0.343 e. The highest BCUT2D eigenvalue weighted by atomic mass is 35.5. The second kappa shape index (κ2) is 8.48. The Balaban J connectivity index is 1.68. The van der Waals surface area contributed by atoms with Gasteiger partial charge in [0.2, 0.25) is 15.9 Å². The van der Waals surface area contributed by atoms with Gasteiger partial charge >= 0.3 is 0 Å². The first kappa shape index (κ1) is 22.2. The SMILES string of the molecule is CC(=O)N1CC[C@@H]2[C@H](C1)[C@@H](c1ccc(F)cc1F)CN2S(=O)(=O)Cc1cccc(Cl)c1. The fourth-order valence-corrected chi connectivity index (χ4v) is 6.89. The van der Waals surface area contributed by atoms with Crippen LogP contribution < -0.4 is 0 Å². The molecule has 0 aromatic heterocycles. The lowest BCUT2D eigenvalue weighted by Gasteiger charge is -2.38. The number of benzene rings is 2. The van der Waals surface area contributed by atoms with Crippen molar-refractivity contribution in [2.45, 2.75) is 31.1 Å². The van der Waals surface area contributed by atoms with E-state index in [1.165, 1.54) is 23.4 Å². The van der Waals surface area contributed by atoms with Gasteiger partial charge in [0.25, 0.3) is 0 Å². The fourth-order valence-electron chi connectivity index (χ4n) is 4.84. The Bertz CT molecular complexity index is 1110. The summed E-state index contributed by atoms with van der Waals surface area (Å²) in [5.41, 5.74) is 0.851. The summed E-state index contributed by atoms with van der Waals surface area (Å²) in [6, 6.07) is 9.72. The van der Waals surface area contributed by atoms with Crippen molar-refractivity contribution < 1.29 is 22.0 Å². The molecular weight excluding hydrogens is 446 g/mol. The molecule has 31 heavy (non-hydrogen) atoms. The van der Waals surface area contributed by atoms with Gasteiger partial charge in [-0.15, -0.1) is 0 Å². The Labute approximate surface area is 185 Å². The van der Waals surface area contributed by atoms with Gasteiger partial charge in [-0.2, -0.15) is 4.31 Å². The molecule has 2 aromatic rings. The molecule has 0 spiro atoms. The zero-order chi connectivity index (χ0) is 22.3. The third kappa shape index (κ3) is 4.47. The molecule has 9 heteroatoms. The summed E-state index contributed by atoms with van der Waals surface area (Å²) in [5.74, 6) is -2.44. The van der Waals surface area contributed by atoms with Crippen LogP contribution in [-0.4, -0.2) is 49.2 Å². The smallest absolute Gasteiger partial charge is 0.219 e. The van der Waals surface area contributed by atoms with Gasteiger partial charge in [0, 0.05) is 55.5 Å². The predicted octanol–water partition coefficient (Wildman–Crippen LogP) is 3.78. The number of nitrogens with zero attached hydrogens (tertiary/aromatic N) is 2. The van der Waals surface area contributed by atoms with Crippen LogP contribution >= 0.6 is 11.6 Å². The quantitative estimate of drug-likeness (QED) is 0.686. The van der Waals surface area contributed by atoms with Crippen LogP contribution in [0.5, 0.6) is 0 Å². The van der Waals surface area contributed by atoms with E-state index in [-0.39, 0.29) is 35.7 Å². The van der Waals surface area contributed by atoms with Crippen LogP contribution in [0.25, 0.3) is 0 Å². The first-order valence-corrected chi connectivity index (χ1v) is 12.1. The van der Waals surface area contributed by atoms with Crippen molar-refractivity contribution in [3.8, 4) is 0 Å². The predicted molar refractivity (Wildman–Crippen MR) is 114 cm³/mol. The van der Waals surface area contributed by atoms with E-state index < -0.39 is 27.6 Å². The molecule has 0 unspecified atom stereocenters. The molecule has 3 atom stereocenters. The molecule has 0 radical (unpaired) electrons. The lowest BCUT2D eigenvalue weighted by Crippen LogP contribution is -2.49. The zero-order valence-corrected chi connectivity index (χ0v) is 18.5. The van der Waals surface area contributed by atoms with Crippen molar-refractivity contribution in [1.82, 2.24) is 9.21 Å². The number of carbonyl (C=O) groups excluding carboxylic acids is 1. The van der Waals surface area contributed by atoms with E-state index in [4.69, 9.17) is 11.6 Å². The Morgan fingerprint density at radius 1 is 1.16 bits per heavy atom. The van der Waals surface area contributed by atoms with Crippen LogP contribution in [0.15, 0.2) is 42.5 Å². The van der Waals surface area contributed by atoms with Gasteiger partial charge in [-0.3, -0.25) is 4.79 Å². The molecule has 2 aromatic carbocycles. The minimum absolute atomic E-state index is 0.0898. The highest BCUT2D eigenvalue weighted by Crippen LogP contribution is 2.44. The third-order valence-corrected chi connectivity index (χ3v) is 8.35. The maximum atomic E-state index is 14.6. The number of hydrogen-bond acceptors (Lipinski definition) is 3. The fraction of sp³-hybridized carbons (Fsp3) is 0.409. The van der Waals surface area contributed by atoms with Crippen molar-refractivity contribution in [2.75, 3.05) is 19.6 Å². The summed E-state index contributed by atoms with van der Waals surface area (Å²) in [6.45, 7) is 2.34. The van der Waals surface area contributed by atoms with Crippen LogP contribution in [0.2, 0.25) is 5.02 Å². The molecule has 5 nitrogen and oxygen atoms in total. The molecule has 0 bridgehead atoms. The summed E-state index contributed by atoms with van der Waals surface area (Å²) in [7, 11) is -3.73. The Morgan fingerprint density at radius 3 is 2.61 bits per heavy atom. The van der Waals surface area contributed by atoms with Crippen LogP contribution in [0.4, 0.5) is 8.78 Å². The van der Waals surface area contributed by atoms with E-state index in [1.54, 1.807) is 29.2 Å². The Kier molecular flexibility index (Phi) is 6.07. The van der Waals surface area contributed by atoms with Crippen LogP contribution in [0, 0.1) is 17.6 Å². The number of fused-ring (bicyclic) bond motifs is 1. The zero-order valence-electron chi connectivity index (χ0n) is 17.0. The lowest BCUT2D eigenvalue weighted by molar-refractivity contribution is -0.131. The highest BCUT2D eigenvalue weighted by molar-refractivity contribution is 7.88. The molecule has 166 valence electrons. The van der Waals surface area contributed by atoms with Crippen LogP contribution in [0.3, 0.4) is 0 Å². The summed E-state index contributed by atoms with van der Waals surface area (Å²) in [5, 5.41) is 0.452. The Morgan fingerprint density at radius 2 is 1.94 bits per heavy atom. The number of halogens is 3. The van der Waals surface area contributed by atoms with Crippen molar-refractivity contribution in [1.29, 1.82) is 0 Å². The average molecular weight is 469 g/mol. The molecule has 2 heterocycles.